The van der Waals surface area contributed by atoms with Gasteiger partial charge in [-0.25, -0.2) is 0 Å². The van der Waals surface area contributed by atoms with Crippen LogP contribution in [-0.4, -0.2) is 20.4 Å². The summed E-state index contributed by atoms with van der Waals surface area (Å²) in [6.45, 7) is 0. The van der Waals surface area contributed by atoms with Crippen molar-refractivity contribution >= 4 is 0 Å². The molecule has 0 bridgehead atoms. The molecule has 0 radical (unpaired) electrons. The zero-order valence-electron chi connectivity index (χ0n) is 13.0. The fraction of sp³-hybridized carbons (Fsp3) is 0.100. The molecule has 4 N–H and O–H groups in total. The van der Waals surface area contributed by atoms with E-state index in [0.29, 0.717) is 24.0 Å². The summed E-state index contributed by atoms with van der Waals surface area (Å²) < 4.78 is 0. The molecule has 24 heavy (non-hydrogen) atoms. The van der Waals surface area contributed by atoms with Crippen molar-refractivity contribution in [3.63, 3.8) is 0 Å². The quantitative estimate of drug-likeness (QED) is 0.552. The molecular weight excluding hydrogens is 304 g/mol. The zero-order chi connectivity index (χ0) is 17.1. The molecule has 0 amide bonds. The predicted molar refractivity (Wildman–Crippen MR) is 91.6 cm³/mol. The first-order valence-electron chi connectivity index (χ1n) is 7.62. The van der Waals surface area contributed by atoms with E-state index in [0.717, 1.165) is 11.1 Å². The van der Waals surface area contributed by atoms with Crippen molar-refractivity contribution in [2.24, 2.45) is 0 Å². The first kappa shape index (κ1) is 15.7. The third-order valence-electron chi connectivity index (χ3n) is 3.98. The minimum atomic E-state index is -0.131. The van der Waals surface area contributed by atoms with Crippen LogP contribution in [-0.2, 0) is 12.8 Å². The van der Waals surface area contributed by atoms with E-state index in [2.05, 4.69) is 0 Å². The predicted octanol–water partition coefficient (Wildman–Crippen LogP) is 3.69. The summed E-state index contributed by atoms with van der Waals surface area (Å²) in [5.41, 5.74) is 3.25. The smallest absolute Gasteiger partial charge is 0.161 e. The van der Waals surface area contributed by atoms with Gasteiger partial charge in [0.2, 0.25) is 0 Å². The number of phenolic OH excluding ortho intramolecular Hbond substituents is 4. The first-order valence-corrected chi connectivity index (χ1v) is 7.62. The Labute approximate surface area is 139 Å². The Kier molecular flexibility index (Phi) is 4.29. The van der Waals surface area contributed by atoms with Crippen LogP contribution in [0.4, 0.5) is 0 Å². The van der Waals surface area contributed by atoms with Gasteiger partial charge in [0.25, 0.3) is 0 Å². The van der Waals surface area contributed by atoms with Gasteiger partial charge in [-0.05, 0) is 23.3 Å². The van der Waals surface area contributed by atoms with Crippen LogP contribution in [0.25, 0.3) is 0 Å². The highest BCUT2D eigenvalue weighted by atomic mass is 16.3. The molecule has 0 fully saturated rings. The molecule has 122 valence electrons. The number of aromatic hydroxyl groups is 4. The normalized spacial score (nSPS) is 10.7. The van der Waals surface area contributed by atoms with E-state index < -0.39 is 0 Å². The summed E-state index contributed by atoms with van der Waals surface area (Å²) in [6.07, 6.45) is 0.972. The monoisotopic (exact) mass is 322 g/mol. The largest absolute Gasteiger partial charge is 0.504 e. The minimum Gasteiger partial charge on any atom is -0.504 e. The fourth-order valence-electron chi connectivity index (χ4n) is 2.73. The molecule has 0 aliphatic rings. The SMILES string of the molecule is Oc1cccc(Cc2cccc(Cc3cccc(O)c3O)c2)c1O. The van der Waals surface area contributed by atoms with Crippen molar-refractivity contribution < 1.29 is 20.4 Å². The van der Waals surface area contributed by atoms with Gasteiger partial charge in [0.15, 0.2) is 23.0 Å². The summed E-state index contributed by atoms with van der Waals surface area (Å²) in [4.78, 5) is 0. The van der Waals surface area contributed by atoms with Gasteiger partial charge in [-0.2, -0.15) is 0 Å². The number of phenols is 4. The molecule has 4 heteroatoms. The maximum absolute atomic E-state index is 9.92. The second kappa shape index (κ2) is 6.54. The second-order valence-electron chi connectivity index (χ2n) is 5.74. The molecular formula is C20H18O4. The van der Waals surface area contributed by atoms with Crippen molar-refractivity contribution in [1.82, 2.24) is 0 Å². The lowest BCUT2D eigenvalue weighted by atomic mass is 9.98. The van der Waals surface area contributed by atoms with Gasteiger partial charge >= 0.3 is 0 Å². The summed E-state index contributed by atoms with van der Waals surface area (Å²) in [6, 6.07) is 17.6. The molecule has 0 unspecified atom stereocenters. The molecule has 0 atom stereocenters. The lowest BCUT2D eigenvalue weighted by molar-refractivity contribution is 0.400. The highest BCUT2D eigenvalue weighted by Gasteiger charge is 2.09. The molecule has 0 spiro atoms. The highest BCUT2D eigenvalue weighted by Crippen LogP contribution is 2.31. The molecule has 0 aliphatic heterocycles. The zero-order valence-corrected chi connectivity index (χ0v) is 13.0. The molecule has 3 rings (SSSR count). The van der Waals surface area contributed by atoms with Crippen LogP contribution in [0.1, 0.15) is 22.3 Å². The van der Waals surface area contributed by atoms with E-state index in [1.807, 2.05) is 24.3 Å². The maximum Gasteiger partial charge on any atom is 0.161 e. The van der Waals surface area contributed by atoms with E-state index in [9.17, 15) is 20.4 Å². The Morgan fingerprint density at radius 2 is 0.958 bits per heavy atom. The van der Waals surface area contributed by atoms with Gasteiger partial charge in [0.05, 0.1) is 0 Å². The molecule has 4 nitrogen and oxygen atoms in total. The summed E-state index contributed by atoms with van der Waals surface area (Å²) >= 11 is 0. The fourth-order valence-corrected chi connectivity index (χ4v) is 2.73. The van der Waals surface area contributed by atoms with E-state index in [1.54, 1.807) is 24.3 Å². The second-order valence-corrected chi connectivity index (χ2v) is 5.74. The van der Waals surface area contributed by atoms with Gasteiger partial charge in [-0.15, -0.1) is 0 Å². The first-order chi connectivity index (χ1) is 11.5. The molecule has 3 aromatic carbocycles. The summed E-state index contributed by atoms with van der Waals surface area (Å²) in [7, 11) is 0. The minimum absolute atomic E-state index is 0.103. The van der Waals surface area contributed by atoms with Crippen LogP contribution in [0.3, 0.4) is 0 Å². The number of hydrogen-bond acceptors (Lipinski definition) is 4. The Morgan fingerprint density at radius 1 is 0.542 bits per heavy atom. The van der Waals surface area contributed by atoms with E-state index in [1.165, 1.54) is 12.1 Å². The summed E-state index contributed by atoms with van der Waals surface area (Å²) in [5.74, 6) is -0.469. The lowest BCUT2D eigenvalue weighted by Gasteiger charge is -2.09. The van der Waals surface area contributed by atoms with Crippen LogP contribution >= 0.6 is 0 Å². The summed E-state index contributed by atoms with van der Waals surface area (Å²) in [5, 5.41) is 39.0. The molecule has 0 saturated carbocycles. The molecule has 0 heterocycles. The molecule has 0 aliphatic carbocycles. The van der Waals surface area contributed by atoms with Gasteiger partial charge in [0.1, 0.15) is 0 Å². The van der Waals surface area contributed by atoms with Gasteiger partial charge in [-0.1, -0.05) is 48.5 Å². The number of hydrogen-bond donors (Lipinski definition) is 4. The van der Waals surface area contributed by atoms with Crippen LogP contribution in [0.5, 0.6) is 23.0 Å². The van der Waals surface area contributed by atoms with Crippen LogP contribution in [0, 0.1) is 0 Å². The lowest BCUT2D eigenvalue weighted by Crippen LogP contribution is -1.93. The maximum atomic E-state index is 9.92. The number of rotatable bonds is 4. The Morgan fingerprint density at radius 3 is 1.42 bits per heavy atom. The van der Waals surface area contributed by atoms with Gasteiger partial charge in [0, 0.05) is 24.0 Å². The third kappa shape index (κ3) is 3.27. The third-order valence-corrected chi connectivity index (χ3v) is 3.98. The van der Waals surface area contributed by atoms with Crippen LogP contribution < -0.4 is 0 Å². The van der Waals surface area contributed by atoms with Crippen LogP contribution in [0.2, 0.25) is 0 Å². The Hall–Kier alpha value is -3.14. The van der Waals surface area contributed by atoms with E-state index in [4.69, 9.17) is 0 Å². The van der Waals surface area contributed by atoms with Crippen molar-refractivity contribution in [2.75, 3.05) is 0 Å². The topological polar surface area (TPSA) is 80.9 Å². The van der Waals surface area contributed by atoms with Gasteiger partial charge in [-0.3, -0.25) is 0 Å². The molecule has 0 saturated heterocycles. The number of benzene rings is 3. The van der Waals surface area contributed by atoms with Crippen molar-refractivity contribution in [3.05, 3.63) is 82.9 Å². The average molecular weight is 322 g/mol. The van der Waals surface area contributed by atoms with E-state index in [-0.39, 0.29) is 23.0 Å². The number of para-hydroxylation sites is 2. The highest BCUT2D eigenvalue weighted by molar-refractivity contribution is 5.48. The van der Waals surface area contributed by atoms with Gasteiger partial charge < -0.3 is 20.4 Å². The Bertz CT molecular complexity index is 803. The van der Waals surface area contributed by atoms with Crippen molar-refractivity contribution in [2.45, 2.75) is 12.8 Å². The standard InChI is InChI=1S/C20H18O4/c21-17-8-2-6-15(19(17)23)11-13-4-1-5-14(10-13)12-16-7-3-9-18(22)20(16)24/h1-10,21-24H,11-12H2. The van der Waals surface area contributed by atoms with Crippen molar-refractivity contribution in [3.8, 4) is 23.0 Å². The molecule has 3 aromatic rings. The van der Waals surface area contributed by atoms with Crippen molar-refractivity contribution in [1.29, 1.82) is 0 Å². The molecule has 0 aromatic heterocycles. The Balaban J connectivity index is 1.84. The average Bonchev–Trinajstić information content (AvgIpc) is 2.57. The van der Waals surface area contributed by atoms with E-state index >= 15 is 0 Å². The van der Waals surface area contributed by atoms with Crippen LogP contribution in [0.15, 0.2) is 60.7 Å².